The van der Waals surface area contributed by atoms with E-state index in [1.165, 1.54) is 6.33 Å². The summed E-state index contributed by atoms with van der Waals surface area (Å²) in [5, 5.41) is 3.16. The highest BCUT2D eigenvalue weighted by Crippen LogP contribution is 2.28. The van der Waals surface area contributed by atoms with Crippen molar-refractivity contribution in [3.8, 4) is 17.1 Å². The molecular weight excluding hydrogens is 366 g/mol. The average molecular weight is 385 g/mol. The number of benzene rings is 1. The van der Waals surface area contributed by atoms with Crippen LogP contribution >= 0.6 is 0 Å². The third-order valence-corrected chi connectivity index (χ3v) is 4.30. The first-order valence-electron chi connectivity index (χ1n) is 8.02. The fourth-order valence-corrected chi connectivity index (χ4v) is 3.10. The summed E-state index contributed by atoms with van der Waals surface area (Å²) in [6.45, 7) is 1.83. The van der Waals surface area contributed by atoms with Crippen LogP contribution in [0.4, 0.5) is 17.2 Å². The normalized spacial score (nSPS) is 11.1. The highest BCUT2D eigenvalue weighted by Gasteiger charge is 2.10. The van der Waals surface area contributed by atoms with Crippen molar-refractivity contribution in [2.75, 3.05) is 23.4 Å². The molecule has 0 amide bonds. The van der Waals surface area contributed by atoms with Gasteiger partial charge in [-0.15, -0.1) is 0 Å². The predicted octanol–water partition coefficient (Wildman–Crippen LogP) is 2.97. The van der Waals surface area contributed by atoms with Crippen molar-refractivity contribution in [2.45, 2.75) is 6.92 Å². The van der Waals surface area contributed by atoms with Gasteiger partial charge in [0.2, 0.25) is 15.9 Å². The van der Waals surface area contributed by atoms with Crippen molar-refractivity contribution in [3.05, 3.63) is 54.5 Å². The van der Waals surface area contributed by atoms with Crippen LogP contribution in [0.3, 0.4) is 0 Å². The Hall–Kier alpha value is -3.20. The van der Waals surface area contributed by atoms with E-state index in [0.717, 1.165) is 17.4 Å². The molecular formula is C18H19N5O3S. The van der Waals surface area contributed by atoms with Crippen LogP contribution in [0.15, 0.2) is 48.9 Å². The van der Waals surface area contributed by atoms with Gasteiger partial charge in [-0.05, 0) is 36.8 Å². The Morgan fingerprint density at radius 2 is 1.89 bits per heavy atom. The zero-order chi connectivity index (χ0) is 19.4. The number of rotatable bonds is 6. The van der Waals surface area contributed by atoms with E-state index in [1.807, 2.05) is 25.1 Å². The molecule has 9 heteroatoms. The SMILES string of the molecule is COc1ncccc1-c1cc(Nc2ccc(C)c(NS(C)(=O)=O)c2)ncn1. The predicted molar refractivity (Wildman–Crippen MR) is 105 cm³/mol. The van der Waals surface area contributed by atoms with Gasteiger partial charge in [-0.2, -0.15) is 0 Å². The van der Waals surface area contributed by atoms with Gasteiger partial charge >= 0.3 is 0 Å². The van der Waals surface area contributed by atoms with Crippen molar-refractivity contribution >= 4 is 27.2 Å². The van der Waals surface area contributed by atoms with Gasteiger partial charge in [-0.25, -0.2) is 23.4 Å². The van der Waals surface area contributed by atoms with E-state index in [0.29, 0.717) is 28.8 Å². The summed E-state index contributed by atoms with van der Waals surface area (Å²) < 4.78 is 30.8. The fraction of sp³-hybridized carbons (Fsp3) is 0.167. The largest absolute Gasteiger partial charge is 0.481 e. The lowest BCUT2D eigenvalue weighted by Gasteiger charge is -2.12. The minimum absolute atomic E-state index is 0.470. The van der Waals surface area contributed by atoms with Crippen molar-refractivity contribution in [3.63, 3.8) is 0 Å². The van der Waals surface area contributed by atoms with E-state index in [9.17, 15) is 8.42 Å². The van der Waals surface area contributed by atoms with Crippen LogP contribution in [-0.2, 0) is 10.0 Å². The average Bonchev–Trinajstić information content (AvgIpc) is 2.63. The number of hydrogen-bond donors (Lipinski definition) is 2. The Balaban J connectivity index is 1.90. The molecule has 0 aliphatic heterocycles. The summed E-state index contributed by atoms with van der Waals surface area (Å²) in [5.41, 5.74) is 3.41. The van der Waals surface area contributed by atoms with Gasteiger partial charge in [0, 0.05) is 18.0 Å². The number of pyridine rings is 1. The maximum Gasteiger partial charge on any atom is 0.229 e. The highest BCUT2D eigenvalue weighted by molar-refractivity contribution is 7.92. The summed E-state index contributed by atoms with van der Waals surface area (Å²) >= 11 is 0. The molecule has 0 aliphatic rings. The number of hydrogen-bond acceptors (Lipinski definition) is 7. The lowest BCUT2D eigenvalue weighted by atomic mass is 10.1. The number of nitrogens with zero attached hydrogens (tertiary/aromatic N) is 3. The molecule has 0 saturated carbocycles. The molecule has 2 N–H and O–H groups in total. The van der Waals surface area contributed by atoms with Gasteiger partial charge in [0.25, 0.3) is 0 Å². The molecule has 27 heavy (non-hydrogen) atoms. The Bertz CT molecular complexity index is 1070. The first-order valence-corrected chi connectivity index (χ1v) is 9.92. The molecule has 0 unspecified atom stereocenters. The molecule has 3 rings (SSSR count). The van der Waals surface area contributed by atoms with E-state index in [2.05, 4.69) is 25.0 Å². The van der Waals surface area contributed by atoms with Gasteiger partial charge in [0.15, 0.2) is 0 Å². The van der Waals surface area contributed by atoms with Crippen LogP contribution < -0.4 is 14.8 Å². The molecule has 0 atom stereocenters. The molecule has 0 bridgehead atoms. The summed E-state index contributed by atoms with van der Waals surface area (Å²) in [4.78, 5) is 12.7. The lowest BCUT2D eigenvalue weighted by molar-refractivity contribution is 0.399. The topological polar surface area (TPSA) is 106 Å². The van der Waals surface area contributed by atoms with Gasteiger partial charge < -0.3 is 10.1 Å². The summed E-state index contributed by atoms with van der Waals surface area (Å²) in [6, 6.07) is 10.8. The maximum absolute atomic E-state index is 11.5. The van der Waals surface area contributed by atoms with E-state index < -0.39 is 10.0 Å². The Labute approximate surface area is 157 Å². The molecule has 0 aliphatic carbocycles. The quantitative estimate of drug-likeness (QED) is 0.672. The van der Waals surface area contributed by atoms with E-state index >= 15 is 0 Å². The Morgan fingerprint density at radius 1 is 1.07 bits per heavy atom. The Kier molecular flexibility index (Phi) is 5.22. The smallest absolute Gasteiger partial charge is 0.229 e. The van der Waals surface area contributed by atoms with Crippen molar-refractivity contribution in [1.29, 1.82) is 0 Å². The monoisotopic (exact) mass is 385 g/mol. The Morgan fingerprint density at radius 3 is 2.63 bits per heavy atom. The van der Waals surface area contributed by atoms with Crippen LogP contribution in [0.5, 0.6) is 5.88 Å². The van der Waals surface area contributed by atoms with Crippen LogP contribution in [0.25, 0.3) is 11.3 Å². The fourth-order valence-electron chi connectivity index (χ4n) is 2.48. The van der Waals surface area contributed by atoms with Gasteiger partial charge in [-0.1, -0.05) is 6.07 Å². The second kappa shape index (κ2) is 7.58. The molecule has 140 valence electrons. The zero-order valence-corrected chi connectivity index (χ0v) is 15.9. The second-order valence-corrected chi connectivity index (χ2v) is 7.63. The minimum atomic E-state index is -3.36. The lowest BCUT2D eigenvalue weighted by Crippen LogP contribution is -2.10. The summed E-state index contributed by atoms with van der Waals surface area (Å²) in [7, 11) is -1.81. The number of aryl methyl sites for hydroxylation is 1. The zero-order valence-electron chi connectivity index (χ0n) is 15.1. The van der Waals surface area contributed by atoms with Crippen molar-refractivity contribution in [2.24, 2.45) is 0 Å². The molecule has 0 radical (unpaired) electrons. The van der Waals surface area contributed by atoms with Crippen LogP contribution in [0, 0.1) is 6.92 Å². The first kappa shape index (κ1) is 18.6. The van der Waals surface area contributed by atoms with Crippen LogP contribution in [0.1, 0.15) is 5.56 Å². The minimum Gasteiger partial charge on any atom is -0.481 e. The molecule has 8 nitrogen and oxygen atoms in total. The number of aromatic nitrogens is 3. The molecule has 0 saturated heterocycles. The number of nitrogens with one attached hydrogen (secondary N) is 2. The van der Waals surface area contributed by atoms with E-state index in [4.69, 9.17) is 4.74 Å². The van der Waals surface area contributed by atoms with Gasteiger partial charge in [0.1, 0.15) is 12.1 Å². The highest BCUT2D eigenvalue weighted by atomic mass is 32.2. The second-order valence-electron chi connectivity index (χ2n) is 5.88. The number of ether oxygens (including phenoxy) is 1. The van der Waals surface area contributed by atoms with Crippen molar-refractivity contribution < 1.29 is 13.2 Å². The first-order chi connectivity index (χ1) is 12.9. The molecule has 0 fully saturated rings. The van der Waals surface area contributed by atoms with Gasteiger partial charge in [-0.3, -0.25) is 4.72 Å². The summed E-state index contributed by atoms with van der Waals surface area (Å²) in [6.07, 6.45) is 4.20. The number of methoxy groups -OCH3 is 1. The number of anilines is 3. The third kappa shape index (κ3) is 4.70. The summed E-state index contributed by atoms with van der Waals surface area (Å²) in [5.74, 6) is 1.03. The molecule has 3 aromatic rings. The van der Waals surface area contributed by atoms with Crippen LogP contribution in [0.2, 0.25) is 0 Å². The molecule has 1 aromatic carbocycles. The number of sulfonamides is 1. The molecule has 2 aromatic heterocycles. The van der Waals surface area contributed by atoms with Crippen LogP contribution in [-0.4, -0.2) is 36.7 Å². The van der Waals surface area contributed by atoms with Gasteiger partial charge in [0.05, 0.1) is 30.3 Å². The molecule has 2 heterocycles. The standard InChI is InChI=1S/C18H19N5O3S/c1-12-6-7-13(9-15(12)23-27(3,24)25)22-17-10-16(20-11-21-17)14-5-4-8-19-18(14)26-2/h4-11,23H,1-3H3,(H,20,21,22). The van der Waals surface area contributed by atoms with E-state index in [1.54, 1.807) is 31.5 Å². The third-order valence-electron chi connectivity index (χ3n) is 3.71. The van der Waals surface area contributed by atoms with E-state index in [-0.39, 0.29) is 0 Å². The molecule has 0 spiro atoms. The van der Waals surface area contributed by atoms with Crippen molar-refractivity contribution in [1.82, 2.24) is 15.0 Å². The maximum atomic E-state index is 11.5.